The highest BCUT2D eigenvalue weighted by Crippen LogP contribution is 2.14. The molecule has 84 valence electrons. The zero-order chi connectivity index (χ0) is 11.3. The summed E-state index contributed by atoms with van der Waals surface area (Å²) in [5, 5.41) is 12.7. The van der Waals surface area contributed by atoms with Crippen LogP contribution in [-0.4, -0.2) is 35.6 Å². The minimum Gasteiger partial charge on any atom is -0.360 e. The van der Waals surface area contributed by atoms with Crippen molar-refractivity contribution in [2.24, 2.45) is 0 Å². The molecule has 0 fully saturated rings. The Balaban J connectivity index is 2.50. The molecule has 0 aliphatic carbocycles. The molecule has 0 unspecified atom stereocenters. The summed E-state index contributed by atoms with van der Waals surface area (Å²) in [7, 11) is 0. The first-order valence-electron chi connectivity index (χ1n) is 4.27. The number of hydrogen-bond donors (Lipinski definition) is 2. The van der Waals surface area contributed by atoms with Crippen molar-refractivity contribution in [3.8, 4) is 0 Å². The van der Waals surface area contributed by atoms with Gasteiger partial charge in [-0.1, -0.05) is 11.3 Å². The fraction of sp³-hybridized carbons (Fsp3) is 0.571. The van der Waals surface area contributed by atoms with Crippen LogP contribution in [0.4, 0.5) is 13.9 Å². The number of carbonyl (C=O) groups is 1. The summed E-state index contributed by atoms with van der Waals surface area (Å²) < 4.78 is 23.6. The molecule has 1 aromatic heterocycles. The Morgan fingerprint density at radius 3 is 2.87 bits per heavy atom. The number of amides is 1. The van der Waals surface area contributed by atoms with Gasteiger partial charge in [0.05, 0.1) is 6.54 Å². The third-order valence-corrected chi connectivity index (χ3v) is 2.24. The van der Waals surface area contributed by atoms with E-state index >= 15 is 0 Å². The van der Waals surface area contributed by atoms with Crippen LogP contribution in [0, 0.1) is 0 Å². The van der Waals surface area contributed by atoms with Crippen LogP contribution in [0.2, 0.25) is 0 Å². The van der Waals surface area contributed by atoms with Crippen molar-refractivity contribution in [1.29, 1.82) is 0 Å². The first kappa shape index (κ1) is 11.8. The number of alkyl halides is 2. The first-order chi connectivity index (χ1) is 7.13. The fourth-order valence-electron chi connectivity index (χ4n) is 0.783. The molecule has 0 bridgehead atoms. The van der Waals surface area contributed by atoms with Crippen molar-refractivity contribution in [2.75, 3.05) is 18.4 Å². The van der Waals surface area contributed by atoms with Crippen molar-refractivity contribution < 1.29 is 13.6 Å². The van der Waals surface area contributed by atoms with Crippen molar-refractivity contribution in [2.45, 2.75) is 13.3 Å². The van der Waals surface area contributed by atoms with E-state index in [-0.39, 0.29) is 5.01 Å². The van der Waals surface area contributed by atoms with E-state index in [0.29, 0.717) is 11.7 Å². The highest BCUT2D eigenvalue weighted by molar-refractivity contribution is 7.17. The summed E-state index contributed by atoms with van der Waals surface area (Å²) in [6.45, 7) is 1.86. The molecule has 1 heterocycles. The second kappa shape index (κ2) is 5.54. The second-order valence-electron chi connectivity index (χ2n) is 2.54. The summed E-state index contributed by atoms with van der Waals surface area (Å²) in [6.07, 6.45) is -2.56. The molecule has 1 amide bonds. The molecule has 2 N–H and O–H groups in total. The van der Waals surface area contributed by atoms with Gasteiger partial charge in [-0.25, -0.2) is 8.78 Å². The van der Waals surface area contributed by atoms with Crippen molar-refractivity contribution in [3.05, 3.63) is 5.01 Å². The van der Waals surface area contributed by atoms with Gasteiger partial charge in [0.25, 0.3) is 12.3 Å². The second-order valence-corrected chi connectivity index (χ2v) is 3.52. The van der Waals surface area contributed by atoms with Crippen LogP contribution in [-0.2, 0) is 0 Å². The lowest BCUT2D eigenvalue weighted by Crippen LogP contribution is -2.28. The minimum atomic E-state index is -2.56. The van der Waals surface area contributed by atoms with Crippen LogP contribution in [0.3, 0.4) is 0 Å². The van der Waals surface area contributed by atoms with Gasteiger partial charge in [0.15, 0.2) is 0 Å². The molecular weight excluding hydrogens is 226 g/mol. The third kappa shape index (κ3) is 3.74. The number of rotatable bonds is 5. The standard InChI is InChI=1S/C7H10F2N4OS/c1-2-10-7-13-12-6(15-7)5(14)11-3-4(8)9/h4H,2-3H2,1H3,(H,10,13)(H,11,14). The molecule has 1 aromatic rings. The van der Waals surface area contributed by atoms with Crippen molar-refractivity contribution in [1.82, 2.24) is 15.5 Å². The summed E-state index contributed by atoms with van der Waals surface area (Å²) in [5.74, 6) is -0.628. The maximum Gasteiger partial charge on any atom is 0.282 e. The normalized spacial score (nSPS) is 10.4. The van der Waals surface area contributed by atoms with E-state index in [1.165, 1.54) is 0 Å². The number of halogens is 2. The van der Waals surface area contributed by atoms with Crippen LogP contribution >= 0.6 is 11.3 Å². The van der Waals surface area contributed by atoms with E-state index in [1.54, 1.807) is 0 Å². The number of hydrogen-bond acceptors (Lipinski definition) is 5. The zero-order valence-corrected chi connectivity index (χ0v) is 8.77. The first-order valence-corrected chi connectivity index (χ1v) is 5.08. The van der Waals surface area contributed by atoms with Gasteiger partial charge in [0.2, 0.25) is 10.1 Å². The topological polar surface area (TPSA) is 66.9 Å². The molecule has 1 rings (SSSR count). The number of nitrogens with zero attached hydrogens (tertiary/aromatic N) is 2. The lowest BCUT2D eigenvalue weighted by molar-refractivity contribution is 0.0890. The van der Waals surface area contributed by atoms with E-state index in [4.69, 9.17) is 0 Å². The highest BCUT2D eigenvalue weighted by Gasteiger charge is 2.13. The van der Waals surface area contributed by atoms with Crippen molar-refractivity contribution >= 4 is 22.4 Å². The predicted octanol–water partition coefficient (Wildman–Crippen LogP) is 0.965. The summed E-state index contributed by atoms with van der Waals surface area (Å²) in [4.78, 5) is 11.2. The molecule has 0 aliphatic rings. The molecule has 0 aromatic carbocycles. The summed E-state index contributed by atoms with van der Waals surface area (Å²) in [6, 6.07) is 0. The van der Waals surface area contributed by atoms with Crippen molar-refractivity contribution in [3.63, 3.8) is 0 Å². The van der Waals surface area contributed by atoms with Crippen LogP contribution in [0.15, 0.2) is 0 Å². The Hall–Kier alpha value is -1.31. The minimum absolute atomic E-state index is 0.0756. The SMILES string of the molecule is CCNc1nnc(C(=O)NCC(F)F)s1. The van der Waals surface area contributed by atoms with Crippen LogP contribution in [0.25, 0.3) is 0 Å². The summed E-state index contributed by atoms with van der Waals surface area (Å²) in [5.41, 5.74) is 0. The van der Waals surface area contributed by atoms with E-state index in [9.17, 15) is 13.6 Å². The average molecular weight is 236 g/mol. The number of nitrogens with one attached hydrogen (secondary N) is 2. The molecule has 0 saturated carbocycles. The lowest BCUT2D eigenvalue weighted by atomic mass is 10.6. The molecule has 0 radical (unpaired) electrons. The van der Waals surface area contributed by atoms with Gasteiger partial charge in [-0.15, -0.1) is 10.2 Å². The monoisotopic (exact) mass is 236 g/mol. The van der Waals surface area contributed by atoms with Gasteiger partial charge < -0.3 is 10.6 Å². The third-order valence-electron chi connectivity index (χ3n) is 1.36. The van der Waals surface area contributed by atoms with E-state index in [0.717, 1.165) is 11.3 Å². The molecule has 0 saturated heterocycles. The Bertz CT molecular complexity index is 331. The molecule has 5 nitrogen and oxygen atoms in total. The zero-order valence-electron chi connectivity index (χ0n) is 7.96. The number of anilines is 1. The van der Waals surface area contributed by atoms with Crippen LogP contribution in [0.5, 0.6) is 0 Å². The fourth-order valence-corrected chi connectivity index (χ4v) is 1.51. The van der Waals surface area contributed by atoms with E-state index in [1.807, 2.05) is 12.2 Å². The maximum atomic E-state index is 11.8. The van der Waals surface area contributed by atoms with E-state index < -0.39 is 18.9 Å². The molecular formula is C7H10F2N4OS. The van der Waals surface area contributed by atoms with Gasteiger partial charge in [-0.3, -0.25) is 4.79 Å². The largest absolute Gasteiger partial charge is 0.360 e. The van der Waals surface area contributed by atoms with Crippen LogP contribution in [0.1, 0.15) is 16.7 Å². The Labute approximate surface area is 88.9 Å². The smallest absolute Gasteiger partial charge is 0.282 e. The Morgan fingerprint density at radius 2 is 2.27 bits per heavy atom. The molecule has 0 aliphatic heterocycles. The van der Waals surface area contributed by atoms with Gasteiger partial charge in [-0.2, -0.15) is 0 Å². The van der Waals surface area contributed by atoms with Gasteiger partial charge in [-0.05, 0) is 6.92 Å². The average Bonchev–Trinajstić information content (AvgIpc) is 2.63. The van der Waals surface area contributed by atoms with E-state index in [2.05, 4.69) is 15.5 Å². The van der Waals surface area contributed by atoms with Gasteiger partial charge in [0.1, 0.15) is 0 Å². The Morgan fingerprint density at radius 1 is 1.53 bits per heavy atom. The molecule has 0 spiro atoms. The highest BCUT2D eigenvalue weighted by atomic mass is 32.1. The summed E-state index contributed by atoms with van der Waals surface area (Å²) >= 11 is 1.03. The number of carbonyl (C=O) groups excluding carboxylic acids is 1. The molecule has 15 heavy (non-hydrogen) atoms. The predicted molar refractivity (Wildman–Crippen MR) is 52.4 cm³/mol. The van der Waals surface area contributed by atoms with Crippen LogP contribution < -0.4 is 10.6 Å². The maximum absolute atomic E-state index is 11.8. The van der Waals surface area contributed by atoms with Gasteiger partial charge in [0, 0.05) is 6.54 Å². The Kier molecular flexibility index (Phi) is 4.35. The number of aromatic nitrogens is 2. The molecule has 0 atom stereocenters. The molecule has 8 heteroatoms. The van der Waals surface area contributed by atoms with Gasteiger partial charge >= 0.3 is 0 Å². The quantitative estimate of drug-likeness (QED) is 0.799. The lowest BCUT2D eigenvalue weighted by Gasteiger charge is -1.99.